The lowest BCUT2D eigenvalue weighted by Gasteiger charge is -2.22. The zero-order chi connectivity index (χ0) is 15.4. The maximum absolute atomic E-state index is 12.2. The summed E-state index contributed by atoms with van der Waals surface area (Å²) in [6.45, 7) is 5.00. The molecule has 0 saturated carbocycles. The molecule has 2 N–H and O–H groups in total. The fraction of sp³-hybridized carbons (Fsp3) is 0.308. The van der Waals surface area contributed by atoms with Gasteiger partial charge < -0.3 is 10.6 Å². The molecule has 1 amide bonds. The van der Waals surface area contributed by atoms with Gasteiger partial charge in [-0.25, -0.2) is 4.79 Å². The molecule has 0 atom stereocenters. The van der Waals surface area contributed by atoms with Gasteiger partial charge in [-0.15, -0.1) is 0 Å². The highest BCUT2D eigenvalue weighted by molar-refractivity contribution is 5.80. The fourth-order valence-corrected chi connectivity index (χ4v) is 1.80. The van der Waals surface area contributed by atoms with E-state index < -0.39 is 17.2 Å². The van der Waals surface area contributed by atoms with Crippen LogP contribution in [0, 0.1) is 6.92 Å². The third-order valence-corrected chi connectivity index (χ3v) is 2.94. The summed E-state index contributed by atoms with van der Waals surface area (Å²) in [4.78, 5) is 36.6. The Hall–Kier alpha value is -2.57. The summed E-state index contributed by atoms with van der Waals surface area (Å²) in [5.74, 6) is -0.589. The number of aromatic nitrogens is 2. The second-order valence-electron chi connectivity index (χ2n) is 4.31. The predicted octanol–water partition coefficient (Wildman–Crippen LogP) is -0.616. The van der Waals surface area contributed by atoms with Crippen molar-refractivity contribution in [1.82, 2.24) is 9.13 Å². The van der Waals surface area contributed by atoms with Crippen LogP contribution in [0.4, 0.5) is 5.69 Å². The monoisotopic (exact) mass is 278 g/mol. The highest BCUT2D eigenvalue weighted by Crippen LogP contribution is 2.13. The SMILES string of the molecule is C=C/C=C/N(CC(N)=O)c1c(C)n(C)c(=O)n(C)c1=O. The van der Waals surface area contributed by atoms with Crippen LogP contribution in [0.1, 0.15) is 5.69 Å². The van der Waals surface area contributed by atoms with Gasteiger partial charge in [-0.3, -0.25) is 18.7 Å². The van der Waals surface area contributed by atoms with Gasteiger partial charge in [-0.1, -0.05) is 12.7 Å². The number of nitrogens with zero attached hydrogens (tertiary/aromatic N) is 3. The molecular weight excluding hydrogens is 260 g/mol. The quantitative estimate of drug-likeness (QED) is 0.727. The topological polar surface area (TPSA) is 90.3 Å². The van der Waals surface area contributed by atoms with E-state index in [0.29, 0.717) is 5.69 Å². The van der Waals surface area contributed by atoms with Gasteiger partial charge in [0.1, 0.15) is 12.2 Å². The summed E-state index contributed by atoms with van der Waals surface area (Å²) in [5, 5.41) is 0. The zero-order valence-corrected chi connectivity index (χ0v) is 11.8. The molecule has 0 aliphatic carbocycles. The summed E-state index contributed by atoms with van der Waals surface area (Å²) in [5.41, 5.74) is 4.96. The number of carbonyl (C=O) groups is 1. The first-order valence-corrected chi connectivity index (χ1v) is 5.92. The van der Waals surface area contributed by atoms with Crippen molar-refractivity contribution in [2.45, 2.75) is 6.92 Å². The van der Waals surface area contributed by atoms with E-state index >= 15 is 0 Å². The number of hydrogen-bond acceptors (Lipinski definition) is 4. The molecule has 20 heavy (non-hydrogen) atoms. The molecule has 0 spiro atoms. The van der Waals surface area contributed by atoms with Crippen molar-refractivity contribution < 1.29 is 4.79 Å². The Balaban J connectivity index is 3.59. The Bertz CT molecular complexity index is 682. The van der Waals surface area contributed by atoms with Gasteiger partial charge in [-0.05, 0) is 13.0 Å². The molecule has 1 heterocycles. The lowest BCUT2D eigenvalue weighted by atomic mass is 10.3. The maximum atomic E-state index is 12.2. The molecule has 1 rings (SSSR count). The van der Waals surface area contributed by atoms with Crippen LogP contribution in [0.25, 0.3) is 0 Å². The summed E-state index contributed by atoms with van der Waals surface area (Å²) >= 11 is 0. The smallest absolute Gasteiger partial charge is 0.330 e. The van der Waals surface area contributed by atoms with Gasteiger partial charge in [0.2, 0.25) is 5.91 Å². The minimum absolute atomic E-state index is 0.168. The molecular formula is C13H18N4O3. The molecule has 0 unspecified atom stereocenters. The molecule has 0 fully saturated rings. The van der Waals surface area contributed by atoms with Crippen LogP contribution < -0.4 is 21.9 Å². The second kappa shape index (κ2) is 6.05. The van der Waals surface area contributed by atoms with Gasteiger partial charge in [-0.2, -0.15) is 0 Å². The van der Waals surface area contributed by atoms with Crippen LogP contribution in [0.15, 0.2) is 34.5 Å². The van der Waals surface area contributed by atoms with Gasteiger partial charge in [0.25, 0.3) is 5.56 Å². The molecule has 0 radical (unpaired) electrons. The highest BCUT2D eigenvalue weighted by atomic mass is 16.2. The Labute approximate surface area is 116 Å². The van der Waals surface area contributed by atoms with E-state index in [4.69, 9.17) is 5.73 Å². The Morgan fingerprint density at radius 3 is 2.45 bits per heavy atom. The maximum Gasteiger partial charge on any atom is 0.330 e. The second-order valence-corrected chi connectivity index (χ2v) is 4.31. The van der Waals surface area contributed by atoms with E-state index in [0.717, 1.165) is 4.57 Å². The van der Waals surface area contributed by atoms with E-state index in [9.17, 15) is 14.4 Å². The number of anilines is 1. The van der Waals surface area contributed by atoms with E-state index in [2.05, 4.69) is 6.58 Å². The Kier molecular flexibility index (Phi) is 4.68. The lowest BCUT2D eigenvalue weighted by molar-refractivity contribution is -0.116. The minimum Gasteiger partial charge on any atom is -0.368 e. The molecule has 108 valence electrons. The Morgan fingerprint density at radius 2 is 1.95 bits per heavy atom. The number of amides is 1. The molecule has 1 aromatic rings. The molecule has 0 saturated heterocycles. The van der Waals surface area contributed by atoms with Crippen LogP contribution in [-0.2, 0) is 18.9 Å². The van der Waals surface area contributed by atoms with Crippen molar-refractivity contribution in [3.8, 4) is 0 Å². The molecule has 1 aromatic heterocycles. The minimum atomic E-state index is -0.589. The standard InChI is InChI=1S/C13H18N4O3/c1-5-6-7-17(8-10(14)18)11-9(2)15(3)13(20)16(4)12(11)19/h5-7H,1,8H2,2-4H3,(H2,14,18)/b7-6+. The molecule has 0 bridgehead atoms. The molecule has 0 aliphatic rings. The van der Waals surface area contributed by atoms with Gasteiger partial charge >= 0.3 is 5.69 Å². The predicted molar refractivity (Wildman–Crippen MR) is 77.5 cm³/mol. The van der Waals surface area contributed by atoms with Gasteiger partial charge in [0, 0.05) is 26.0 Å². The summed E-state index contributed by atoms with van der Waals surface area (Å²) in [6.07, 6.45) is 4.61. The third-order valence-electron chi connectivity index (χ3n) is 2.94. The average Bonchev–Trinajstić information content (AvgIpc) is 2.39. The third kappa shape index (κ3) is 2.87. The molecule has 7 nitrogen and oxygen atoms in total. The van der Waals surface area contributed by atoms with Crippen molar-refractivity contribution in [3.05, 3.63) is 51.5 Å². The van der Waals surface area contributed by atoms with Crippen LogP contribution in [0.2, 0.25) is 0 Å². The zero-order valence-electron chi connectivity index (χ0n) is 11.8. The van der Waals surface area contributed by atoms with Crippen molar-refractivity contribution in [2.24, 2.45) is 19.8 Å². The van der Waals surface area contributed by atoms with Crippen molar-refractivity contribution in [1.29, 1.82) is 0 Å². The fourth-order valence-electron chi connectivity index (χ4n) is 1.80. The van der Waals surface area contributed by atoms with E-state index in [-0.39, 0.29) is 12.2 Å². The molecule has 0 aromatic carbocycles. The van der Waals surface area contributed by atoms with Crippen LogP contribution in [0.3, 0.4) is 0 Å². The van der Waals surface area contributed by atoms with Crippen molar-refractivity contribution in [3.63, 3.8) is 0 Å². The van der Waals surface area contributed by atoms with Crippen LogP contribution >= 0.6 is 0 Å². The number of allylic oxidation sites excluding steroid dienone is 2. The number of carbonyl (C=O) groups excluding carboxylic acids is 1. The number of nitrogens with two attached hydrogens (primary N) is 1. The lowest BCUT2D eigenvalue weighted by Crippen LogP contribution is -2.43. The first-order valence-electron chi connectivity index (χ1n) is 5.92. The van der Waals surface area contributed by atoms with E-state index in [1.165, 1.54) is 28.8 Å². The van der Waals surface area contributed by atoms with Crippen molar-refractivity contribution in [2.75, 3.05) is 11.4 Å². The summed E-state index contributed by atoms with van der Waals surface area (Å²) in [7, 11) is 2.94. The highest BCUT2D eigenvalue weighted by Gasteiger charge is 2.18. The normalized spacial score (nSPS) is 10.8. The number of rotatable bonds is 5. The van der Waals surface area contributed by atoms with Crippen LogP contribution in [-0.4, -0.2) is 21.6 Å². The number of primary amides is 1. The number of hydrogen-bond donors (Lipinski definition) is 1. The van der Waals surface area contributed by atoms with Crippen molar-refractivity contribution >= 4 is 11.6 Å². The van der Waals surface area contributed by atoms with E-state index in [1.54, 1.807) is 20.0 Å². The van der Waals surface area contributed by atoms with Gasteiger partial charge in [0.05, 0.1) is 0 Å². The van der Waals surface area contributed by atoms with E-state index in [1.807, 2.05) is 0 Å². The first-order chi connectivity index (χ1) is 9.31. The molecule has 7 heteroatoms. The largest absolute Gasteiger partial charge is 0.368 e. The van der Waals surface area contributed by atoms with Crippen LogP contribution in [0.5, 0.6) is 0 Å². The molecule has 0 aliphatic heterocycles. The van der Waals surface area contributed by atoms with Gasteiger partial charge in [0.15, 0.2) is 0 Å². The first kappa shape index (κ1) is 15.5. The summed E-state index contributed by atoms with van der Waals surface area (Å²) < 4.78 is 2.32. The Morgan fingerprint density at radius 1 is 1.35 bits per heavy atom. The summed E-state index contributed by atoms with van der Waals surface area (Å²) in [6, 6.07) is 0. The average molecular weight is 278 g/mol.